The smallest absolute Gasteiger partial charge is 0.403 e. The highest BCUT2D eigenvalue weighted by Gasteiger charge is 2.54. The van der Waals surface area contributed by atoms with E-state index in [1.165, 1.54) is 0 Å². The number of rotatable bonds is 0. The van der Waals surface area contributed by atoms with E-state index in [0.29, 0.717) is 0 Å². The van der Waals surface area contributed by atoms with Gasteiger partial charge in [-0.1, -0.05) is 40.7 Å². The van der Waals surface area contributed by atoms with Crippen LogP contribution in [0.25, 0.3) is 0 Å². The fourth-order valence-electron chi connectivity index (χ4n) is 1.20. The number of hydrogen-bond acceptors (Lipinski definition) is 2. The van der Waals surface area contributed by atoms with Crippen molar-refractivity contribution in [3.63, 3.8) is 0 Å². The molecule has 1 aliphatic rings. The molecule has 2 nitrogen and oxygen atoms in total. The summed E-state index contributed by atoms with van der Waals surface area (Å²) in [5, 5.41) is 0.0467. The molecule has 3 heteroatoms. The lowest BCUT2D eigenvalue weighted by molar-refractivity contribution is 0.00578. The van der Waals surface area contributed by atoms with E-state index < -0.39 is 0 Å². The topological polar surface area (TPSA) is 18.5 Å². The molecule has 0 atom stereocenters. The summed E-state index contributed by atoms with van der Waals surface area (Å²) in [7, 11) is -0.0995. The van der Waals surface area contributed by atoms with Gasteiger partial charge in [-0.15, -0.1) is 6.58 Å². The minimum Gasteiger partial charge on any atom is -0.403 e. The molecule has 1 saturated heterocycles. The Morgan fingerprint density at radius 3 is 1.28 bits per heavy atom. The van der Waals surface area contributed by atoms with Gasteiger partial charge in [0.1, 0.15) is 0 Å². The van der Waals surface area contributed by atoms with E-state index in [0.717, 1.165) is 0 Å². The SMILES string of the molecule is C=CC.CC.CC(C)(C)B1OC(C)(C)C(C)(C)O1. The number of allylic oxidation sites excluding steroid dienone is 1. The third-order valence-corrected chi connectivity index (χ3v) is 2.96. The minimum absolute atomic E-state index is 0.0467. The molecule has 1 aliphatic heterocycles. The molecule has 0 bridgehead atoms. The second-order valence-electron chi connectivity index (χ2n) is 6.36. The Hall–Kier alpha value is -0.275. The number of hydrogen-bond donors (Lipinski definition) is 0. The molecule has 0 amide bonds. The minimum atomic E-state index is -0.203. The van der Waals surface area contributed by atoms with Crippen molar-refractivity contribution < 1.29 is 9.31 Å². The van der Waals surface area contributed by atoms with Gasteiger partial charge in [0.25, 0.3) is 0 Å². The Bertz CT molecular complexity index is 223. The van der Waals surface area contributed by atoms with Crippen LogP contribution in [0.3, 0.4) is 0 Å². The van der Waals surface area contributed by atoms with Crippen LogP contribution < -0.4 is 0 Å². The van der Waals surface area contributed by atoms with Crippen molar-refractivity contribution in [2.24, 2.45) is 0 Å². The first-order valence-electron chi connectivity index (χ1n) is 6.90. The van der Waals surface area contributed by atoms with Crippen molar-refractivity contribution in [3.05, 3.63) is 12.7 Å². The van der Waals surface area contributed by atoms with Gasteiger partial charge in [0.05, 0.1) is 11.2 Å². The fraction of sp³-hybridized carbons (Fsp3) is 0.867. The first-order valence-corrected chi connectivity index (χ1v) is 6.90. The highest BCUT2D eigenvalue weighted by atomic mass is 16.7. The van der Waals surface area contributed by atoms with Crippen molar-refractivity contribution in [3.8, 4) is 0 Å². The Kier molecular flexibility index (Phi) is 8.18. The van der Waals surface area contributed by atoms with Gasteiger partial charge in [-0.3, -0.25) is 0 Å². The summed E-state index contributed by atoms with van der Waals surface area (Å²) >= 11 is 0. The maximum atomic E-state index is 5.91. The Morgan fingerprint density at radius 1 is 0.944 bits per heavy atom. The van der Waals surface area contributed by atoms with Gasteiger partial charge >= 0.3 is 7.12 Å². The zero-order valence-electron chi connectivity index (χ0n) is 14.2. The van der Waals surface area contributed by atoms with Crippen LogP contribution in [0, 0.1) is 0 Å². The lowest BCUT2D eigenvalue weighted by Gasteiger charge is -2.32. The summed E-state index contributed by atoms with van der Waals surface area (Å²) in [6, 6.07) is 0. The van der Waals surface area contributed by atoms with Crippen molar-refractivity contribution >= 4 is 7.12 Å². The van der Waals surface area contributed by atoms with Crippen LogP contribution in [0.1, 0.15) is 69.2 Å². The highest BCUT2D eigenvalue weighted by molar-refractivity contribution is 6.49. The molecule has 0 N–H and O–H groups in total. The third kappa shape index (κ3) is 5.58. The first kappa shape index (κ1) is 20.1. The van der Waals surface area contributed by atoms with Gasteiger partial charge in [-0.2, -0.15) is 0 Å². The highest BCUT2D eigenvalue weighted by Crippen LogP contribution is 2.44. The van der Waals surface area contributed by atoms with Gasteiger partial charge in [0.2, 0.25) is 0 Å². The second kappa shape index (κ2) is 7.35. The van der Waals surface area contributed by atoms with Gasteiger partial charge in [-0.25, -0.2) is 0 Å². The molecule has 0 aromatic rings. The summed E-state index contributed by atoms with van der Waals surface area (Å²) in [4.78, 5) is 0. The summed E-state index contributed by atoms with van der Waals surface area (Å²) < 4.78 is 11.8. The van der Waals surface area contributed by atoms with Crippen LogP contribution in [0.4, 0.5) is 0 Å². The third-order valence-electron chi connectivity index (χ3n) is 2.96. The largest absolute Gasteiger partial charge is 0.463 e. The predicted octanol–water partition coefficient (Wildman–Crippen LogP) is 5.10. The molecule has 0 aromatic heterocycles. The molecule has 1 fully saturated rings. The lowest BCUT2D eigenvalue weighted by atomic mass is 9.61. The molecule has 0 aliphatic carbocycles. The fourth-order valence-corrected chi connectivity index (χ4v) is 1.20. The summed E-state index contributed by atoms with van der Waals surface area (Å²) in [6.45, 7) is 24.0. The Labute approximate surface area is 115 Å². The second-order valence-corrected chi connectivity index (χ2v) is 6.36. The molecule has 1 heterocycles. The average molecular weight is 256 g/mol. The van der Waals surface area contributed by atoms with Crippen molar-refractivity contribution in [1.82, 2.24) is 0 Å². The maximum absolute atomic E-state index is 5.91. The average Bonchev–Trinajstić information content (AvgIpc) is 2.40. The van der Waals surface area contributed by atoms with E-state index in [1.807, 2.05) is 20.8 Å². The van der Waals surface area contributed by atoms with Crippen LogP contribution in [-0.2, 0) is 9.31 Å². The molecule has 0 aromatic carbocycles. The monoisotopic (exact) mass is 256 g/mol. The Morgan fingerprint density at radius 2 is 1.17 bits per heavy atom. The van der Waals surface area contributed by atoms with E-state index in [4.69, 9.17) is 9.31 Å². The zero-order valence-corrected chi connectivity index (χ0v) is 14.2. The molecule has 0 radical (unpaired) electrons. The van der Waals surface area contributed by atoms with E-state index in [2.05, 4.69) is 55.0 Å². The standard InChI is InChI=1S/C10H21BO2.C3H6.C2H6/c1-8(2,3)11-12-9(4,5)10(6,7)13-11;1-3-2;1-2/h1-7H3;3H,1H2,2H3;1-2H3. The normalized spacial score (nSPS) is 20.2. The van der Waals surface area contributed by atoms with Crippen LogP contribution in [0.15, 0.2) is 12.7 Å². The molecule has 0 unspecified atom stereocenters. The molecule has 108 valence electrons. The summed E-state index contributed by atoms with van der Waals surface area (Å²) in [5.41, 5.74) is -0.407. The zero-order chi connectivity index (χ0) is 15.2. The van der Waals surface area contributed by atoms with Gasteiger partial charge in [0, 0.05) is 0 Å². The summed E-state index contributed by atoms with van der Waals surface area (Å²) in [5.74, 6) is 0. The maximum Gasteiger partial charge on any atom is 0.463 e. The van der Waals surface area contributed by atoms with Crippen molar-refractivity contribution in [2.75, 3.05) is 0 Å². The Balaban J connectivity index is 0. The van der Waals surface area contributed by atoms with E-state index in [-0.39, 0.29) is 23.6 Å². The van der Waals surface area contributed by atoms with Gasteiger partial charge in [0.15, 0.2) is 0 Å². The predicted molar refractivity (Wildman–Crippen MR) is 83.0 cm³/mol. The molecular weight excluding hydrogens is 223 g/mol. The van der Waals surface area contributed by atoms with Gasteiger partial charge < -0.3 is 9.31 Å². The van der Waals surface area contributed by atoms with Crippen molar-refractivity contribution in [1.29, 1.82) is 0 Å². The quantitative estimate of drug-likeness (QED) is 0.443. The van der Waals surface area contributed by atoms with Crippen molar-refractivity contribution in [2.45, 2.75) is 85.8 Å². The van der Waals surface area contributed by atoms with Crippen LogP contribution in [0.2, 0.25) is 5.31 Å². The van der Waals surface area contributed by atoms with E-state index in [9.17, 15) is 0 Å². The lowest BCUT2D eigenvalue weighted by Crippen LogP contribution is -2.41. The molecule has 18 heavy (non-hydrogen) atoms. The molecule has 0 saturated carbocycles. The molecule has 0 spiro atoms. The van der Waals surface area contributed by atoms with E-state index in [1.54, 1.807) is 6.08 Å². The van der Waals surface area contributed by atoms with E-state index >= 15 is 0 Å². The first-order chi connectivity index (χ1) is 7.98. The van der Waals surface area contributed by atoms with Crippen LogP contribution >= 0.6 is 0 Å². The van der Waals surface area contributed by atoms with Crippen LogP contribution in [0.5, 0.6) is 0 Å². The summed E-state index contributed by atoms with van der Waals surface area (Å²) in [6.07, 6.45) is 1.75. The molecule has 1 rings (SSSR count). The van der Waals surface area contributed by atoms with Crippen LogP contribution in [-0.4, -0.2) is 18.3 Å². The van der Waals surface area contributed by atoms with Gasteiger partial charge in [-0.05, 0) is 39.9 Å². The molecular formula is C15H33BO2.